The minimum atomic E-state index is -1.10. The van der Waals surface area contributed by atoms with Crippen LogP contribution in [-0.4, -0.2) is 17.0 Å². The smallest absolute Gasteiger partial charge is 0.337 e. The molecule has 1 aromatic carbocycles. The van der Waals surface area contributed by atoms with Crippen molar-refractivity contribution in [2.24, 2.45) is 5.41 Å². The summed E-state index contributed by atoms with van der Waals surface area (Å²) in [6, 6.07) is 4.48. The van der Waals surface area contributed by atoms with Crippen molar-refractivity contribution in [2.45, 2.75) is 39.0 Å². The summed E-state index contributed by atoms with van der Waals surface area (Å²) in [5.74, 6) is -1.18. The highest BCUT2D eigenvalue weighted by atomic mass is 35.5. The summed E-state index contributed by atoms with van der Waals surface area (Å²) in [5.41, 5.74) is -0.0168. The molecule has 108 valence electrons. The molecule has 0 unspecified atom stereocenters. The summed E-state index contributed by atoms with van der Waals surface area (Å²) in [7, 11) is 0. The van der Waals surface area contributed by atoms with E-state index in [4.69, 9.17) is 11.6 Å². The van der Waals surface area contributed by atoms with Crippen LogP contribution in [0.1, 0.15) is 49.4 Å². The third kappa shape index (κ3) is 2.80. The Morgan fingerprint density at radius 1 is 1.35 bits per heavy atom. The Balaban J connectivity index is 2.25. The molecule has 0 heterocycles. The zero-order chi connectivity index (χ0) is 14.8. The minimum absolute atomic E-state index is 0.0232. The second kappa shape index (κ2) is 5.83. The van der Waals surface area contributed by atoms with Crippen molar-refractivity contribution < 1.29 is 14.7 Å². The zero-order valence-electron chi connectivity index (χ0n) is 11.4. The number of hydrogen-bond donors (Lipinski definition) is 2. The molecule has 1 aliphatic carbocycles. The number of aromatic carboxylic acids is 1. The highest BCUT2D eigenvalue weighted by Crippen LogP contribution is 2.42. The van der Waals surface area contributed by atoms with Crippen molar-refractivity contribution in [3.63, 3.8) is 0 Å². The summed E-state index contributed by atoms with van der Waals surface area (Å²) in [5, 5.41) is 12.3. The van der Waals surface area contributed by atoms with Crippen LogP contribution in [0.2, 0.25) is 5.02 Å². The summed E-state index contributed by atoms with van der Waals surface area (Å²) in [6.45, 7) is 2.00. The van der Waals surface area contributed by atoms with Gasteiger partial charge in [-0.1, -0.05) is 31.4 Å². The lowest BCUT2D eigenvalue weighted by molar-refractivity contribution is -0.125. The molecule has 0 aromatic heterocycles. The highest BCUT2D eigenvalue weighted by molar-refractivity contribution is 6.31. The molecule has 5 heteroatoms. The Bertz CT molecular complexity index is 536. The Hall–Kier alpha value is -1.55. The lowest BCUT2D eigenvalue weighted by atomic mass is 9.82. The van der Waals surface area contributed by atoms with Crippen LogP contribution in [0.3, 0.4) is 0 Å². The van der Waals surface area contributed by atoms with Gasteiger partial charge in [-0.3, -0.25) is 4.79 Å². The van der Waals surface area contributed by atoms with Gasteiger partial charge in [0.1, 0.15) is 0 Å². The van der Waals surface area contributed by atoms with E-state index in [0.29, 0.717) is 10.7 Å². The first-order chi connectivity index (χ1) is 9.48. The molecular formula is C15H18ClNO3. The SMILES string of the molecule is CCC1(C(=O)Nc2ccc(Cl)cc2C(=O)O)CCCC1. The van der Waals surface area contributed by atoms with Gasteiger partial charge in [-0.2, -0.15) is 0 Å². The molecular weight excluding hydrogens is 278 g/mol. The molecule has 1 fully saturated rings. The van der Waals surface area contributed by atoms with E-state index in [9.17, 15) is 14.7 Å². The number of rotatable bonds is 4. The predicted molar refractivity (Wildman–Crippen MR) is 78.2 cm³/mol. The molecule has 0 spiro atoms. The summed E-state index contributed by atoms with van der Waals surface area (Å²) < 4.78 is 0. The van der Waals surface area contributed by atoms with Crippen LogP contribution in [0.15, 0.2) is 18.2 Å². The van der Waals surface area contributed by atoms with Crippen LogP contribution < -0.4 is 5.32 Å². The summed E-state index contributed by atoms with van der Waals surface area (Å²) in [4.78, 5) is 23.7. The van der Waals surface area contributed by atoms with E-state index in [-0.39, 0.29) is 16.9 Å². The van der Waals surface area contributed by atoms with E-state index >= 15 is 0 Å². The predicted octanol–water partition coefficient (Wildman–Crippen LogP) is 3.95. The van der Waals surface area contributed by atoms with Crippen LogP contribution >= 0.6 is 11.6 Å². The maximum atomic E-state index is 12.5. The number of benzene rings is 1. The topological polar surface area (TPSA) is 66.4 Å². The number of halogens is 1. The second-order valence-electron chi connectivity index (χ2n) is 5.29. The average molecular weight is 296 g/mol. The molecule has 20 heavy (non-hydrogen) atoms. The Morgan fingerprint density at radius 2 is 2.00 bits per heavy atom. The normalized spacial score (nSPS) is 16.9. The second-order valence-corrected chi connectivity index (χ2v) is 5.73. The van der Waals surface area contributed by atoms with Gasteiger partial charge >= 0.3 is 5.97 Å². The van der Waals surface area contributed by atoms with Crippen LogP contribution in [0, 0.1) is 5.41 Å². The molecule has 1 aromatic rings. The Morgan fingerprint density at radius 3 is 2.55 bits per heavy atom. The maximum Gasteiger partial charge on any atom is 0.337 e. The van der Waals surface area contributed by atoms with E-state index in [1.54, 1.807) is 12.1 Å². The number of hydrogen-bond acceptors (Lipinski definition) is 2. The van der Waals surface area contributed by atoms with Crippen molar-refractivity contribution in [2.75, 3.05) is 5.32 Å². The minimum Gasteiger partial charge on any atom is -0.478 e. The van der Waals surface area contributed by atoms with Gasteiger partial charge in [-0.25, -0.2) is 4.79 Å². The number of carboxylic acids is 1. The van der Waals surface area contributed by atoms with Crippen molar-refractivity contribution in [3.05, 3.63) is 28.8 Å². The third-order valence-corrected chi connectivity index (χ3v) is 4.41. The molecule has 0 saturated heterocycles. The van der Waals surface area contributed by atoms with Gasteiger partial charge in [0.15, 0.2) is 0 Å². The number of carbonyl (C=O) groups excluding carboxylic acids is 1. The van der Waals surface area contributed by atoms with Gasteiger partial charge in [0, 0.05) is 10.4 Å². The van der Waals surface area contributed by atoms with Gasteiger partial charge in [0.2, 0.25) is 5.91 Å². The molecule has 0 radical (unpaired) electrons. The molecule has 1 saturated carbocycles. The van der Waals surface area contributed by atoms with Crippen LogP contribution in [-0.2, 0) is 4.79 Å². The monoisotopic (exact) mass is 295 g/mol. The fourth-order valence-corrected chi connectivity index (χ4v) is 3.02. The molecule has 2 N–H and O–H groups in total. The van der Waals surface area contributed by atoms with E-state index < -0.39 is 5.97 Å². The summed E-state index contributed by atoms with van der Waals surface area (Å²) in [6.07, 6.45) is 4.60. The van der Waals surface area contributed by atoms with Crippen LogP contribution in [0.4, 0.5) is 5.69 Å². The molecule has 1 aliphatic rings. The molecule has 0 bridgehead atoms. The summed E-state index contributed by atoms with van der Waals surface area (Å²) >= 11 is 5.80. The molecule has 0 atom stereocenters. The number of nitrogens with one attached hydrogen (secondary N) is 1. The Kier molecular flexibility index (Phi) is 4.33. The van der Waals surface area contributed by atoms with Gasteiger partial charge < -0.3 is 10.4 Å². The number of amides is 1. The molecule has 1 amide bonds. The lowest BCUT2D eigenvalue weighted by Crippen LogP contribution is -2.33. The van der Waals surface area contributed by atoms with Crippen molar-refractivity contribution >= 4 is 29.2 Å². The van der Waals surface area contributed by atoms with E-state index in [1.807, 2.05) is 6.92 Å². The van der Waals surface area contributed by atoms with Crippen LogP contribution in [0.25, 0.3) is 0 Å². The van der Waals surface area contributed by atoms with Gasteiger partial charge in [0.05, 0.1) is 11.3 Å². The molecule has 0 aliphatic heterocycles. The third-order valence-electron chi connectivity index (χ3n) is 4.18. The largest absolute Gasteiger partial charge is 0.478 e. The zero-order valence-corrected chi connectivity index (χ0v) is 12.2. The van der Waals surface area contributed by atoms with Gasteiger partial charge in [-0.05, 0) is 37.5 Å². The van der Waals surface area contributed by atoms with Crippen molar-refractivity contribution in [1.82, 2.24) is 0 Å². The fourth-order valence-electron chi connectivity index (χ4n) is 2.85. The van der Waals surface area contributed by atoms with Gasteiger partial charge in [0.25, 0.3) is 0 Å². The van der Waals surface area contributed by atoms with Crippen molar-refractivity contribution in [3.8, 4) is 0 Å². The first kappa shape index (κ1) is 14.9. The van der Waals surface area contributed by atoms with Crippen molar-refractivity contribution in [1.29, 1.82) is 0 Å². The maximum absolute atomic E-state index is 12.5. The van der Waals surface area contributed by atoms with Crippen LogP contribution in [0.5, 0.6) is 0 Å². The highest BCUT2D eigenvalue weighted by Gasteiger charge is 2.39. The number of carbonyl (C=O) groups is 2. The first-order valence-electron chi connectivity index (χ1n) is 6.83. The average Bonchev–Trinajstić information content (AvgIpc) is 2.90. The fraction of sp³-hybridized carbons (Fsp3) is 0.467. The standard InChI is InChI=1S/C15H18ClNO3/c1-2-15(7-3-4-8-15)14(20)17-12-6-5-10(16)9-11(12)13(18)19/h5-6,9H,2-4,7-8H2,1H3,(H,17,20)(H,18,19). The number of anilines is 1. The van der Waals surface area contributed by atoms with Gasteiger partial charge in [-0.15, -0.1) is 0 Å². The van der Waals surface area contributed by atoms with E-state index in [1.165, 1.54) is 6.07 Å². The Labute approximate surface area is 123 Å². The van der Waals surface area contributed by atoms with E-state index in [0.717, 1.165) is 32.1 Å². The number of carboxylic acid groups (broad SMARTS) is 1. The lowest BCUT2D eigenvalue weighted by Gasteiger charge is -2.26. The first-order valence-corrected chi connectivity index (χ1v) is 7.20. The molecule has 4 nitrogen and oxygen atoms in total. The van der Waals surface area contributed by atoms with E-state index in [2.05, 4.69) is 5.32 Å². The quantitative estimate of drug-likeness (QED) is 0.884. The molecule has 2 rings (SSSR count).